The molecule has 0 fully saturated rings. The summed E-state index contributed by atoms with van der Waals surface area (Å²) in [4.78, 5) is 8.58. The zero-order valence-corrected chi connectivity index (χ0v) is 17.1. The Bertz CT molecular complexity index is 1230. The average molecular weight is 419 g/mol. The molecule has 0 saturated heterocycles. The van der Waals surface area contributed by atoms with Crippen LogP contribution in [0.1, 0.15) is 36.6 Å². The van der Waals surface area contributed by atoms with E-state index in [9.17, 15) is 9.50 Å². The molecule has 158 valence electrons. The first kappa shape index (κ1) is 19.2. The molecule has 0 saturated carbocycles. The van der Waals surface area contributed by atoms with Crippen molar-refractivity contribution in [3.8, 4) is 23.0 Å². The van der Waals surface area contributed by atoms with Gasteiger partial charge in [-0.05, 0) is 56.4 Å². The summed E-state index contributed by atoms with van der Waals surface area (Å²) in [7, 11) is 0. The highest BCUT2D eigenvalue weighted by Crippen LogP contribution is 2.32. The van der Waals surface area contributed by atoms with Gasteiger partial charge in [-0.2, -0.15) is 14.9 Å². The number of nitrogens with one attached hydrogen (secondary N) is 2. The van der Waals surface area contributed by atoms with Crippen molar-refractivity contribution in [2.75, 3.05) is 5.32 Å². The van der Waals surface area contributed by atoms with Gasteiger partial charge >= 0.3 is 0 Å². The lowest BCUT2D eigenvalue weighted by atomic mass is 9.98. The molecule has 1 aliphatic rings. The maximum Gasteiger partial charge on any atom is 0.219 e. The lowest BCUT2D eigenvalue weighted by Crippen LogP contribution is -2.04. The number of hydrogen-bond acceptors (Lipinski definition) is 6. The highest BCUT2D eigenvalue weighted by Gasteiger charge is 2.22. The number of halogens is 1. The number of H-pyrrole nitrogens is 1. The maximum absolute atomic E-state index is 13.3. The zero-order chi connectivity index (χ0) is 21.4. The minimum atomic E-state index is -0.281. The third-order valence-electron chi connectivity index (χ3n) is 5.60. The van der Waals surface area contributed by atoms with E-state index in [1.807, 2.05) is 6.92 Å². The van der Waals surface area contributed by atoms with Gasteiger partial charge in [0.25, 0.3) is 0 Å². The fourth-order valence-corrected chi connectivity index (χ4v) is 4.02. The number of aryl methyl sites for hydroxylation is 1. The van der Waals surface area contributed by atoms with Crippen molar-refractivity contribution in [1.82, 2.24) is 29.9 Å². The minimum absolute atomic E-state index is 0.145. The van der Waals surface area contributed by atoms with Crippen LogP contribution in [0.5, 0.6) is 5.88 Å². The summed E-state index contributed by atoms with van der Waals surface area (Å²) in [5, 5.41) is 25.8. The average Bonchev–Trinajstić information content (AvgIpc) is 3.35. The predicted molar refractivity (Wildman–Crippen MR) is 114 cm³/mol. The van der Waals surface area contributed by atoms with Crippen LogP contribution in [0, 0.1) is 5.82 Å². The van der Waals surface area contributed by atoms with Gasteiger partial charge in [-0.3, -0.25) is 5.10 Å². The number of aromatic hydroxyl groups is 1. The SMILES string of the molecule is CCc1c(Nc2cc(-n3nc4c(c3O)CCCC4)ncn2)n[nH]c1-c1ccc(F)cc1. The number of rotatable bonds is 5. The number of aromatic amines is 1. The molecule has 1 aromatic carbocycles. The quantitative estimate of drug-likeness (QED) is 0.450. The van der Waals surface area contributed by atoms with E-state index in [-0.39, 0.29) is 11.7 Å². The molecule has 0 bridgehead atoms. The molecule has 0 radical (unpaired) electrons. The molecule has 3 N–H and O–H groups in total. The van der Waals surface area contributed by atoms with E-state index in [0.717, 1.165) is 60.2 Å². The molecule has 0 spiro atoms. The molecule has 4 aromatic rings. The van der Waals surface area contributed by atoms with Crippen LogP contribution in [0.3, 0.4) is 0 Å². The van der Waals surface area contributed by atoms with Crippen molar-refractivity contribution in [1.29, 1.82) is 0 Å². The largest absolute Gasteiger partial charge is 0.493 e. The van der Waals surface area contributed by atoms with Crippen molar-refractivity contribution in [2.45, 2.75) is 39.0 Å². The third-order valence-corrected chi connectivity index (χ3v) is 5.60. The second-order valence-corrected chi connectivity index (χ2v) is 7.54. The summed E-state index contributed by atoms with van der Waals surface area (Å²) in [5.41, 5.74) is 4.49. The highest BCUT2D eigenvalue weighted by atomic mass is 19.1. The molecule has 0 unspecified atom stereocenters. The molecule has 0 amide bonds. The molecule has 3 heterocycles. The topological polar surface area (TPSA) is 105 Å². The Morgan fingerprint density at radius 2 is 1.97 bits per heavy atom. The standard InChI is InChI=1S/C22H22FN7O/c1-2-15-20(13-7-9-14(23)10-8-13)27-28-21(15)26-18-11-19(25-12-24-18)30-22(31)16-5-3-4-6-17(16)29-30/h7-12,31H,2-6H2,1H3,(H2,24,25,26,27,28). The Kier molecular flexibility index (Phi) is 4.85. The number of aromatic nitrogens is 6. The van der Waals surface area contributed by atoms with Gasteiger partial charge < -0.3 is 10.4 Å². The summed E-state index contributed by atoms with van der Waals surface area (Å²) < 4.78 is 14.8. The lowest BCUT2D eigenvalue weighted by molar-refractivity contribution is 0.425. The summed E-state index contributed by atoms with van der Waals surface area (Å²) in [6.07, 6.45) is 5.97. The van der Waals surface area contributed by atoms with Crippen molar-refractivity contribution in [3.05, 3.63) is 59.3 Å². The smallest absolute Gasteiger partial charge is 0.219 e. The van der Waals surface area contributed by atoms with Crippen molar-refractivity contribution in [3.63, 3.8) is 0 Å². The van der Waals surface area contributed by atoms with Gasteiger partial charge in [-0.25, -0.2) is 14.4 Å². The normalized spacial score (nSPS) is 13.2. The maximum atomic E-state index is 13.3. The van der Waals surface area contributed by atoms with Gasteiger partial charge in [0.15, 0.2) is 11.6 Å². The minimum Gasteiger partial charge on any atom is -0.493 e. The predicted octanol–water partition coefficient (Wildman–Crippen LogP) is 4.08. The summed E-state index contributed by atoms with van der Waals surface area (Å²) in [6, 6.07) is 8.02. The molecule has 0 aliphatic heterocycles. The number of hydrogen-bond donors (Lipinski definition) is 3. The van der Waals surface area contributed by atoms with Crippen LogP contribution in [-0.4, -0.2) is 35.1 Å². The Morgan fingerprint density at radius 3 is 2.74 bits per heavy atom. The van der Waals surface area contributed by atoms with Gasteiger partial charge in [-0.1, -0.05) is 6.92 Å². The molecule has 5 rings (SSSR count). The molecule has 1 aliphatic carbocycles. The Morgan fingerprint density at radius 1 is 1.16 bits per heavy atom. The van der Waals surface area contributed by atoms with Crippen LogP contribution in [0.2, 0.25) is 0 Å². The van der Waals surface area contributed by atoms with Gasteiger partial charge in [0.05, 0.1) is 11.4 Å². The number of nitrogens with zero attached hydrogens (tertiary/aromatic N) is 5. The van der Waals surface area contributed by atoms with Crippen LogP contribution >= 0.6 is 0 Å². The first-order valence-corrected chi connectivity index (χ1v) is 10.4. The summed E-state index contributed by atoms with van der Waals surface area (Å²) in [6.45, 7) is 2.03. The molecular formula is C22H22FN7O. The van der Waals surface area contributed by atoms with Crippen LogP contribution in [0.4, 0.5) is 16.0 Å². The fraction of sp³-hybridized carbons (Fsp3) is 0.273. The van der Waals surface area contributed by atoms with Crippen molar-refractivity contribution >= 4 is 11.6 Å². The van der Waals surface area contributed by atoms with Gasteiger partial charge in [0, 0.05) is 22.8 Å². The third kappa shape index (κ3) is 3.52. The van der Waals surface area contributed by atoms with E-state index >= 15 is 0 Å². The van der Waals surface area contributed by atoms with Crippen molar-refractivity contribution in [2.24, 2.45) is 0 Å². The van der Waals surface area contributed by atoms with E-state index in [1.54, 1.807) is 18.2 Å². The first-order chi connectivity index (χ1) is 15.1. The van der Waals surface area contributed by atoms with E-state index in [1.165, 1.54) is 23.1 Å². The summed E-state index contributed by atoms with van der Waals surface area (Å²) in [5.74, 6) is 1.51. The van der Waals surface area contributed by atoms with Crippen LogP contribution in [0.25, 0.3) is 17.1 Å². The summed E-state index contributed by atoms with van der Waals surface area (Å²) >= 11 is 0. The van der Waals surface area contributed by atoms with Crippen molar-refractivity contribution < 1.29 is 9.50 Å². The Hall–Kier alpha value is -3.75. The molecule has 3 aromatic heterocycles. The van der Waals surface area contributed by atoms with Crippen LogP contribution < -0.4 is 5.32 Å². The number of benzene rings is 1. The molecule has 0 atom stereocenters. The second kappa shape index (κ2) is 7.82. The van der Waals surface area contributed by atoms with Crippen LogP contribution in [-0.2, 0) is 19.3 Å². The van der Waals surface area contributed by atoms with E-state index < -0.39 is 0 Å². The molecule has 9 heteroatoms. The fourth-order valence-electron chi connectivity index (χ4n) is 4.02. The zero-order valence-electron chi connectivity index (χ0n) is 17.1. The molecule has 31 heavy (non-hydrogen) atoms. The highest BCUT2D eigenvalue weighted by molar-refractivity contribution is 5.71. The lowest BCUT2D eigenvalue weighted by Gasteiger charge is -2.08. The van der Waals surface area contributed by atoms with E-state index in [2.05, 4.69) is 30.6 Å². The Balaban J connectivity index is 1.46. The Labute approximate surface area is 178 Å². The monoisotopic (exact) mass is 419 g/mol. The number of anilines is 2. The van der Waals surface area contributed by atoms with Gasteiger partial charge in [0.1, 0.15) is 18.0 Å². The van der Waals surface area contributed by atoms with Gasteiger partial charge in [-0.15, -0.1) is 0 Å². The number of fused-ring (bicyclic) bond motifs is 1. The second-order valence-electron chi connectivity index (χ2n) is 7.54. The molecular weight excluding hydrogens is 397 g/mol. The van der Waals surface area contributed by atoms with Crippen LogP contribution in [0.15, 0.2) is 36.7 Å². The van der Waals surface area contributed by atoms with Gasteiger partial charge in [0.2, 0.25) is 5.88 Å². The first-order valence-electron chi connectivity index (χ1n) is 10.4. The van der Waals surface area contributed by atoms with E-state index in [0.29, 0.717) is 17.5 Å². The molecule has 8 nitrogen and oxygen atoms in total. The van der Waals surface area contributed by atoms with E-state index in [4.69, 9.17) is 0 Å².